The number of ether oxygens (including phenoxy) is 1. The number of rotatable bonds is 6. The van der Waals surface area contributed by atoms with Crippen molar-refractivity contribution in [1.82, 2.24) is 20.4 Å². The highest BCUT2D eigenvalue weighted by Crippen LogP contribution is 2.60. The van der Waals surface area contributed by atoms with Crippen LogP contribution in [0.25, 0.3) is 0 Å². The Hall–Kier alpha value is -2.61. The lowest BCUT2D eigenvalue weighted by atomic mass is 9.44. The molecule has 0 radical (unpaired) electrons. The zero-order valence-corrected chi connectivity index (χ0v) is 16.3. The van der Waals surface area contributed by atoms with E-state index in [0.29, 0.717) is 30.5 Å². The second kappa shape index (κ2) is 6.48. The van der Waals surface area contributed by atoms with Crippen molar-refractivity contribution >= 4 is 23.4 Å². The zero-order chi connectivity index (χ0) is 20.1. The Labute approximate surface area is 166 Å². The van der Waals surface area contributed by atoms with Crippen LogP contribution < -0.4 is 15.4 Å². The van der Waals surface area contributed by atoms with Crippen molar-refractivity contribution < 1.29 is 18.7 Å². The minimum absolute atomic E-state index is 0.000471. The molecule has 2 amide bonds. The highest BCUT2D eigenvalue weighted by atomic mass is 35.5. The van der Waals surface area contributed by atoms with Gasteiger partial charge in [-0.05, 0) is 38.3 Å². The summed E-state index contributed by atoms with van der Waals surface area (Å²) < 4.78 is 20.3. The molecule has 5 rings (SSSR count). The third kappa shape index (κ3) is 3.32. The van der Waals surface area contributed by atoms with Gasteiger partial charge >= 0.3 is 0 Å². The van der Waals surface area contributed by atoms with Crippen LogP contribution >= 0.6 is 11.6 Å². The number of hydrogen-bond acceptors (Lipinski definition) is 4. The van der Waals surface area contributed by atoms with Crippen LogP contribution in [0.15, 0.2) is 24.4 Å². The average Bonchev–Trinajstić information content (AvgIpc) is 2.91. The fraction of sp³-hybridized carbons (Fsp3) is 0.421. The lowest BCUT2D eigenvalue weighted by Crippen LogP contribution is -2.84. The maximum Gasteiger partial charge on any atom is 0.258 e. The number of carbonyl (C=O) groups is 2. The van der Waals surface area contributed by atoms with E-state index < -0.39 is 5.82 Å². The third-order valence-corrected chi connectivity index (χ3v) is 5.64. The number of halogens is 2. The Balaban J connectivity index is 1.25. The predicted octanol–water partition coefficient (Wildman–Crippen LogP) is 2.12. The first kappa shape index (κ1) is 18.7. The summed E-state index contributed by atoms with van der Waals surface area (Å²) in [5, 5.41) is 10.2. The van der Waals surface area contributed by atoms with Crippen molar-refractivity contribution in [2.75, 3.05) is 6.61 Å². The van der Waals surface area contributed by atoms with E-state index in [2.05, 4.69) is 15.7 Å². The number of aryl methyl sites for hydroxylation is 2. The molecule has 3 fully saturated rings. The van der Waals surface area contributed by atoms with E-state index in [1.165, 1.54) is 12.1 Å². The van der Waals surface area contributed by atoms with Crippen molar-refractivity contribution in [3.63, 3.8) is 0 Å². The Kier molecular flexibility index (Phi) is 4.33. The van der Waals surface area contributed by atoms with Crippen molar-refractivity contribution in [1.29, 1.82) is 0 Å². The molecule has 0 saturated heterocycles. The Morgan fingerprint density at radius 2 is 1.96 bits per heavy atom. The lowest BCUT2D eigenvalue weighted by Gasteiger charge is -2.70. The molecular formula is C19H20ClFN4O3. The summed E-state index contributed by atoms with van der Waals surface area (Å²) in [5.74, 6) is -0.776. The summed E-state index contributed by atoms with van der Waals surface area (Å²) in [6.07, 6.45) is 3.76. The van der Waals surface area contributed by atoms with Crippen molar-refractivity contribution in [2.45, 2.75) is 37.3 Å². The number of aromatic nitrogens is 2. The first-order valence-electron chi connectivity index (χ1n) is 8.91. The molecule has 0 spiro atoms. The molecule has 28 heavy (non-hydrogen) atoms. The molecule has 0 unspecified atom stereocenters. The smallest absolute Gasteiger partial charge is 0.258 e. The molecule has 1 aromatic heterocycles. The van der Waals surface area contributed by atoms with Crippen molar-refractivity contribution in [2.24, 2.45) is 7.05 Å². The van der Waals surface area contributed by atoms with Crippen LogP contribution in [-0.2, 0) is 11.8 Å². The highest BCUT2D eigenvalue weighted by molar-refractivity contribution is 6.30. The van der Waals surface area contributed by atoms with E-state index in [0.717, 1.165) is 6.07 Å². The van der Waals surface area contributed by atoms with Crippen LogP contribution in [0, 0.1) is 12.7 Å². The normalized spacial score (nSPS) is 24.7. The molecule has 9 heteroatoms. The van der Waals surface area contributed by atoms with Crippen LogP contribution in [-0.4, -0.2) is 39.3 Å². The highest BCUT2D eigenvalue weighted by Gasteiger charge is 2.69. The van der Waals surface area contributed by atoms with Crippen LogP contribution in [0.1, 0.15) is 35.3 Å². The minimum atomic E-state index is -0.597. The van der Waals surface area contributed by atoms with Gasteiger partial charge in [-0.15, -0.1) is 0 Å². The van der Waals surface area contributed by atoms with Gasteiger partial charge in [-0.3, -0.25) is 14.3 Å². The van der Waals surface area contributed by atoms with Crippen molar-refractivity contribution in [3.05, 3.63) is 46.5 Å². The summed E-state index contributed by atoms with van der Waals surface area (Å²) in [6.45, 7) is 1.59. The first-order chi connectivity index (χ1) is 13.2. The summed E-state index contributed by atoms with van der Waals surface area (Å²) in [6, 6.07) is 4.02. The standard InChI is InChI=1S/C19H20ClFN4O3/c1-11-13(6-25(2)24-11)17(27)23-19-8-18(9-19,10-19)22-16(26)7-28-12-3-4-14(20)15(21)5-12/h3-6H,7-10H2,1-2H3,(H,22,26)(H,23,27). The summed E-state index contributed by atoms with van der Waals surface area (Å²) in [7, 11) is 1.77. The molecule has 148 valence electrons. The molecule has 7 nitrogen and oxygen atoms in total. The zero-order valence-electron chi connectivity index (χ0n) is 15.5. The number of hydrogen-bond donors (Lipinski definition) is 2. The third-order valence-electron chi connectivity index (χ3n) is 5.33. The fourth-order valence-electron chi connectivity index (χ4n) is 4.23. The van der Waals surface area contributed by atoms with Gasteiger partial charge in [0.1, 0.15) is 11.6 Å². The van der Waals surface area contributed by atoms with Crippen LogP contribution in [0.2, 0.25) is 5.02 Å². The molecule has 2 bridgehead atoms. The molecule has 3 saturated carbocycles. The molecule has 0 atom stereocenters. The van der Waals surface area contributed by atoms with Crippen LogP contribution in [0.3, 0.4) is 0 Å². The Bertz CT molecular complexity index is 954. The Morgan fingerprint density at radius 1 is 1.29 bits per heavy atom. The summed E-state index contributed by atoms with van der Waals surface area (Å²) in [4.78, 5) is 24.6. The van der Waals surface area contributed by atoms with Gasteiger partial charge in [0.15, 0.2) is 6.61 Å². The van der Waals surface area contributed by atoms with Gasteiger partial charge < -0.3 is 15.4 Å². The predicted molar refractivity (Wildman–Crippen MR) is 99.8 cm³/mol. The molecule has 2 aromatic rings. The maximum absolute atomic E-state index is 13.4. The van der Waals surface area contributed by atoms with Gasteiger partial charge in [0.2, 0.25) is 0 Å². The number of benzene rings is 1. The average molecular weight is 407 g/mol. The second-order valence-electron chi connectivity index (χ2n) is 7.76. The van der Waals surface area contributed by atoms with Gasteiger partial charge in [-0.1, -0.05) is 11.6 Å². The van der Waals surface area contributed by atoms with Gasteiger partial charge in [0.25, 0.3) is 11.8 Å². The number of nitrogens with one attached hydrogen (secondary N) is 2. The molecule has 1 aromatic carbocycles. The largest absolute Gasteiger partial charge is 0.484 e. The summed E-state index contributed by atoms with van der Waals surface area (Å²) in [5.41, 5.74) is 0.703. The van der Waals surface area contributed by atoms with Crippen molar-refractivity contribution in [3.8, 4) is 5.75 Å². The van der Waals surface area contributed by atoms with Gasteiger partial charge in [0, 0.05) is 30.4 Å². The van der Waals surface area contributed by atoms with Crippen LogP contribution in [0.4, 0.5) is 4.39 Å². The monoisotopic (exact) mass is 406 g/mol. The molecular weight excluding hydrogens is 387 g/mol. The number of amides is 2. The van der Waals surface area contributed by atoms with Gasteiger partial charge in [-0.2, -0.15) is 5.10 Å². The van der Waals surface area contributed by atoms with E-state index in [1.54, 1.807) is 24.9 Å². The van der Waals surface area contributed by atoms with E-state index >= 15 is 0 Å². The SMILES string of the molecule is Cc1nn(C)cc1C(=O)NC12CC(NC(=O)COc3ccc(Cl)c(F)c3)(C1)C2. The topological polar surface area (TPSA) is 85.3 Å². The minimum Gasteiger partial charge on any atom is -0.484 e. The molecule has 3 aliphatic rings. The summed E-state index contributed by atoms with van der Waals surface area (Å²) >= 11 is 5.62. The number of carbonyl (C=O) groups excluding carboxylic acids is 2. The maximum atomic E-state index is 13.4. The lowest BCUT2D eigenvalue weighted by molar-refractivity contribution is -0.141. The first-order valence-corrected chi connectivity index (χ1v) is 9.29. The van der Waals surface area contributed by atoms with E-state index in [9.17, 15) is 14.0 Å². The van der Waals surface area contributed by atoms with Crippen LogP contribution in [0.5, 0.6) is 5.75 Å². The van der Waals surface area contributed by atoms with E-state index in [-0.39, 0.29) is 40.3 Å². The van der Waals surface area contributed by atoms with Gasteiger partial charge in [-0.25, -0.2) is 4.39 Å². The second-order valence-corrected chi connectivity index (χ2v) is 8.17. The molecule has 1 heterocycles. The molecule has 2 N–H and O–H groups in total. The van der Waals surface area contributed by atoms with Gasteiger partial charge in [0.05, 0.1) is 16.3 Å². The van der Waals surface area contributed by atoms with E-state index in [4.69, 9.17) is 16.3 Å². The quantitative estimate of drug-likeness (QED) is 0.769. The van der Waals surface area contributed by atoms with E-state index in [1.807, 2.05) is 0 Å². The number of nitrogens with zero attached hydrogens (tertiary/aromatic N) is 2. The Morgan fingerprint density at radius 3 is 2.57 bits per heavy atom. The molecule has 0 aliphatic heterocycles. The fourth-order valence-corrected chi connectivity index (χ4v) is 4.35. The molecule has 3 aliphatic carbocycles.